The summed E-state index contributed by atoms with van der Waals surface area (Å²) in [6.07, 6.45) is 1.59. The van der Waals surface area contributed by atoms with E-state index in [-0.39, 0.29) is 25.9 Å². The van der Waals surface area contributed by atoms with Crippen LogP contribution < -0.4 is 14.6 Å². The minimum absolute atomic E-state index is 0. The maximum atomic E-state index is 11.3. The average Bonchev–Trinajstić information content (AvgIpc) is 3.91. The summed E-state index contributed by atoms with van der Waals surface area (Å²) in [5, 5.41) is 33.8. The molecule has 0 amide bonds. The van der Waals surface area contributed by atoms with E-state index in [4.69, 9.17) is 9.47 Å². The van der Waals surface area contributed by atoms with Gasteiger partial charge in [-0.05, 0) is 66.2 Å². The van der Waals surface area contributed by atoms with Gasteiger partial charge in [-0.25, -0.2) is 0 Å². The van der Waals surface area contributed by atoms with Crippen LogP contribution in [0.5, 0.6) is 17.2 Å². The molecule has 0 aliphatic rings. The second-order valence-electron chi connectivity index (χ2n) is 12.8. The normalized spacial score (nSPS) is 10.8. The van der Waals surface area contributed by atoms with Crippen molar-refractivity contribution in [3.8, 4) is 28.6 Å². The van der Waals surface area contributed by atoms with Crippen molar-refractivity contribution in [3.63, 3.8) is 0 Å². The summed E-state index contributed by atoms with van der Waals surface area (Å²) in [6.45, 7) is 0. The molecule has 0 unspecified atom stereocenters. The number of benzene rings is 8. The monoisotopic (exact) mass is 939 g/mol. The Morgan fingerprint density at radius 3 is 1.26 bits per heavy atom. The number of para-hydroxylation sites is 2. The molecule has 0 bridgehead atoms. The fraction of sp³-hybridized carbons (Fsp3) is 0.0426. The number of methoxy groups -OCH3 is 2. The van der Waals surface area contributed by atoms with Crippen LogP contribution in [0.2, 0.25) is 0 Å². The Hall–Kier alpha value is -7.20. The van der Waals surface area contributed by atoms with Gasteiger partial charge in [0.2, 0.25) is 0 Å². The Morgan fingerprint density at radius 2 is 0.828 bits per heavy atom. The van der Waals surface area contributed by atoms with E-state index in [1.54, 1.807) is 42.2 Å². The minimum Gasteiger partial charge on any atom is -0.872 e. The number of hydrogen-bond acceptors (Lipinski definition) is 8. The Labute approximate surface area is 348 Å². The van der Waals surface area contributed by atoms with Crippen LogP contribution in [-0.2, 0) is 20.1 Å². The minimum atomic E-state index is -0.00261. The van der Waals surface area contributed by atoms with Crippen LogP contribution in [0.4, 0.5) is 5.69 Å². The summed E-state index contributed by atoms with van der Waals surface area (Å²) < 4.78 is 10.9. The second-order valence-corrected chi connectivity index (χ2v) is 12.8. The zero-order chi connectivity index (χ0) is 39.0. The van der Waals surface area contributed by atoms with Crippen molar-refractivity contribution in [1.29, 1.82) is 0 Å². The van der Waals surface area contributed by atoms with Gasteiger partial charge in [0.1, 0.15) is 33.6 Å². The smallest absolute Gasteiger partial charge is 0.126 e. The van der Waals surface area contributed by atoms with Crippen LogP contribution in [0.25, 0.3) is 55.0 Å². The average molecular weight is 939 g/mol. The van der Waals surface area contributed by atoms with Gasteiger partial charge < -0.3 is 14.6 Å². The van der Waals surface area contributed by atoms with E-state index < -0.39 is 0 Å². The maximum Gasteiger partial charge on any atom is 0.126 e. The third-order valence-corrected chi connectivity index (χ3v) is 9.19. The summed E-state index contributed by atoms with van der Waals surface area (Å²) in [5.74, 6) is 1.70. The molecule has 0 aliphatic heterocycles. The van der Waals surface area contributed by atoms with Crippen LogP contribution in [0.15, 0.2) is 181 Å². The number of ether oxygens (including phenoxy) is 2. The first-order valence-corrected chi connectivity index (χ1v) is 18.2. The number of nitrogens with zero attached hydrogens (tertiary/aromatic N) is 7. The van der Waals surface area contributed by atoms with Crippen molar-refractivity contribution < 1.29 is 34.7 Å². The van der Waals surface area contributed by atoms with Crippen molar-refractivity contribution in [2.45, 2.75) is 0 Å². The number of aromatic nitrogens is 6. The molecule has 0 saturated heterocycles. The van der Waals surface area contributed by atoms with Gasteiger partial charge in [0.05, 0.1) is 31.3 Å². The van der Waals surface area contributed by atoms with Crippen molar-refractivity contribution in [1.82, 2.24) is 30.0 Å². The number of rotatable bonds is 6. The van der Waals surface area contributed by atoms with E-state index in [1.165, 1.54) is 6.07 Å². The first-order valence-electron chi connectivity index (χ1n) is 18.2. The molecule has 0 fully saturated rings. The summed E-state index contributed by atoms with van der Waals surface area (Å²) in [6, 6.07) is 56.2. The fourth-order valence-electron chi connectivity index (χ4n) is 6.40. The first kappa shape index (κ1) is 39.0. The van der Waals surface area contributed by atoms with E-state index in [1.807, 2.05) is 146 Å². The number of fused-ring (bicyclic) bond motifs is 4. The van der Waals surface area contributed by atoms with Crippen molar-refractivity contribution in [2.24, 2.45) is 4.99 Å². The van der Waals surface area contributed by atoms with E-state index in [2.05, 4.69) is 37.5 Å². The molecule has 11 heteroatoms. The molecule has 287 valence electrons. The second kappa shape index (κ2) is 18.2. The molecule has 58 heavy (non-hydrogen) atoms. The molecule has 10 aromatic rings. The molecule has 2 aromatic heterocycles. The Morgan fingerprint density at radius 1 is 0.448 bits per heavy atom. The molecule has 0 atom stereocenters. The van der Waals surface area contributed by atoms with Crippen LogP contribution in [-0.4, -0.2) is 50.4 Å². The van der Waals surface area contributed by atoms with E-state index in [0.29, 0.717) is 5.56 Å². The molecular weight excluding hydrogens is 903 g/mol. The van der Waals surface area contributed by atoms with Crippen LogP contribution in [0, 0.1) is 0 Å². The predicted molar refractivity (Wildman–Crippen MR) is 225 cm³/mol. The van der Waals surface area contributed by atoms with Gasteiger partial charge in [-0.15, -0.1) is 35.7 Å². The number of aliphatic imine (C=N–C) groups is 1. The maximum absolute atomic E-state index is 11.3. The van der Waals surface area contributed by atoms with Gasteiger partial charge in [0, 0.05) is 47.9 Å². The van der Waals surface area contributed by atoms with Gasteiger partial charge in [-0.3, -0.25) is 4.99 Å². The third-order valence-electron chi connectivity index (χ3n) is 9.19. The van der Waals surface area contributed by atoms with Crippen molar-refractivity contribution in [2.75, 3.05) is 14.2 Å². The molecule has 0 spiro atoms. The molecule has 10 nitrogen and oxygen atoms in total. The summed E-state index contributed by atoms with van der Waals surface area (Å²) >= 11 is 0. The summed E-state index contributed by atoms with van der Waals surface area (Å²) in [4.78, 5) is 7.59. The van der Waals surface area contributed by atoms with Crippen LogP contribution >= 0.6 is 0 Å². The standard InChI is InChI=1S/2C17H13N3O.C13H11NO.Ir/c2*1-21-17-11-10-16(12-6-2-3-7-13(12)17)20-18-14-8-4-5-9-15(14)19-20;15-13-9-5-4-6-11(13)10-14-12-7-2-1-3-8-12;/h2*2-11H,1H3;1-10,15H;/p-1. The van der Waals surface area contributed by atoms with Gasteiger partial charge in [-0.2, -0.15) is 0 Å². The Balaban J connectivity index is 0.000000134. The quantitative estimate of drug-likeness (QED) is 0.153. The molecule has 10 rings (SSSR count). The molecule has 0 aliphatic carbocycles. The van der Waals surface area contributed by atoms with Crippen molar-refractivity contribution in [3.05, 3.63) is 181 Å². The molecule has 2 heterocycles. The topological polar surface area (TPSA) is 115 Å². The van der Waals surface area contributed by atoms with Gasteiger partial charge in [0.25, 0.3) is 0 Å². The van der Waals surface area contributed by atoms with E-state index >= 15 is 0 Å². The van der Waals surface area contributed by atoms with Crippen LogP contribution in [0.1, 0.15) is 5.56 Å². The van der Waals surface area contributed by atoms with Gasteiger partial charge in [0.15, 0.2) is 0 Å². The Kier molecular flexibility index (Phi) is 12.2. The Bertz CT molecular complexity index is 2760. The SMILES string of the molecule is COc1ccc(-n2nc3ccccc3n2)c2ccccc12.COc1ccc(-n2nc3ccccc3n2)c2ccccc12.[Ir].[O-]c1ccccc1C=Nc1ccccc1. The van der Waals surface area contributed by atoms with Gasteiger partial charge in [-0.1, -0.05) is 115 Å². The third kappa shape index (κ3) is 8.46. The predicted octanol–water partition coefficient (Wildman–Crippen LogP) is 9.67. The van der Waals surface area contributed by atoms with E-state index in [0.717, 1.165) is 72.2 Å². The van der Waals surface area contributed by atoms with Gasteiger partial charge >= 0.3 is 0 Å². The fourth-order valence-corrected chi connectivity index (χ4v) is 6.40. The van der Waals surface area contributed by atoms with E-state index in [9.17, 15) is 5.11 Å². The zero-order valence-corrected chi connectivity index (χ0v) is 33.9. The first-order chi connectivity index (χ1) is 28.1. The molecule has 0 N–H and O–H groups in total. The largest absolute Gasteiger partial charge is 0.872 e. The van der Waals surface area contributed by atoms with Crippen molar-refractivity contribution >= 4 is 55.5 Å². The van der Waals surface area contributed by atoms with Crippen LogP contribution in [0.3, 0.4) is 0 Å². The zero-order valence-electron chi connectivity index (χ0n) is 31.5. The summed E-state index contributed by atoms with van der Waals surface area (Å²) in [5.41, 5.74) is 6.90. The number of hydrogen-bond donors (Lipinski definition) is 0. The molecule has 0 saturated carbocycles. The molecular formula is C47H36IrN7O3-. The molecule has 8 aromatic carbocycles. The summed E-state index contributed by atoms with van der Waals surface area (Å²) in [7, 11) is 3.36. The molecule has 1 radical (unpaired) electrons.